The van der Waals surface area contributed by atoms with E-state index in [0.717, 1.165) is 24.6 Å². The summed E-state index contributed by atoms with van der Waals surface area (Å²) in [6.07, 6.45) is -0.364. The van der Waals surface area contributed by atoms with Crippen molar-refractivity contribution in [2.45, 2.75) is 58.2 Å². The molecule has 7 rings (SSSR count). The van der Waals surface area contributed by atoms with Crippen LogP contribution in [-0.2, 0) is 14.4 Å². The van der Waals surface area contributed by atoms with E-state index in [1.165, 1.54) is 13.0 Å². The molecule has 2 aromatic carbocycles. The highest BCUT2D eigenvalue weighted by atomic mass is 19.4. The van der Waals surface area contributed by atoms with E-state index in [-0.39, 0.29) is 29.9 Å². The minimum atomic E-state index is -4.58. The molecule has 11 heteroatoms. The maximum Gasteiger partial charge on any atom is 0.412 e. The van der Waals surface area contributed by atoms with Gasteiger partial charge in [-0.3, -0.25) is 19.3 Å². The molecule has 2 fully saturated rings. The van der Waals surface area contributed by atoms with E-state index in [1.807, 2.05) is 50.2 Å². The Labute approximate surface area is 264 Å². The van der Waals surface area contributed by atoms with Gasteiger partial charge in [-0.05, 0) is 80.9 Å². The van der Waals surface area contributed by atoms with Crippen LogP contribution in [0.4, 0.5) is 24.7 Å². The number of allylic oxidation sites excluding steroid dienone is 2. The van der Waals surface area contributed by atoms with E-state index in [9.17, 15) is 27.6 Å². The number of anilines is 2. The second-order valence-electron chi connectivity index (χ2n) is 12.8. The van der Waals surface area contributed by atoms with Gasteiger partial charge in [0, 0.05) is 34.9 Å². The molecule has 3 amide bonds. The van der Waals surface area contributed by atoms with Gasteiger partial charge >= 0.3 is 6.18 Å². The summed E-state index contributed by atoms with van der Waals surface area (Å²) >= 11 is 0. The molecule has 1 aromatic heterocycles. The molecule has 1 unspecified atom stereocenters. The summed E-state index contributed by atoms with van der Waals surface area (Å²) in [7, 11) is 0. The lowest BCUT2D eigenvalue weighted by molar-refractivity contribution is -0.126. The van der Waals surface area contributed by atoms with Crippen molar-refractivity contribution in [1.82, 2.24) is 15.1 Å². The first-order valence-corrected chi connectivity index (χ1v) is 15.6. The number of hydrogen-bond acceptors (Lipinski definition) is 4. The number of hydrogen-bond donors (Lipinski definition) is 2. The van der Waals surface area contributed by atoms with Gasteiger partial charge in [-0.1, -0.05) is 43.3 Å². The van der Waals surface area contributed by atoms with Crippen molar-refractivity contribution in [1.29, 1.82) is 0 Å². The van der Waals surface area contributed by atoms with E-state index < -0.39 is 41.4 Å². The summed E-state index contributed by atoms with van der Waals surface area (Å²) in [4.78, 5) is 42.6. The largest absolute Gasteiger partial charge is 0.412 e. The van der Waals surface area contributed by atoms with Gasteiger partial charge in [0.2, 0.25) is 5.91 Å². The molecule has 2 N–H and O–H groups in total. The number of halogens is 3. The number of carbonyl (C=O) groups is 3. The van der Waals surface area contributed by atoms with Crippen molar-refractivity contribution < 1.29 is 27.6 Å². The number of benzene rings is 2. The molecule has 8 nitrogen and oxygen atoms in total. The van der Waals surface area contributed by atoms with E-state index >= 15 is 0 Å². The Balaban J connectivity index is 1.32. The van der Waals surface area contributed by atoms with Crippen LogP contribution in [0.3, 0.4) is 0 Å². The van der Waals surface area contributed by atoms with Gasteiger partial charge in [-0.25, -0.2) is 4.68 Å². The third-order valence-corrected chi connectivity index (χ3v) is 9.88. The molecule has 238 valence electrons. The minimum absolute atomic E-state index is 0.0177. The smallest absolute Gasteiger partial charge is 0.339 e. The molecule has 1 aliphatic heterocycles. The van der Waals surface area contributed by atoms with Gasteiger partial charge < -0.3 is 10.6 Å². The summed E-state index contributed by atoms with van der Waals surface area (Å²) < 4.78 is 43.0. The predicted octanol–water partition coefficient (Wildman–Crippen LogP) is 5.97. The van der Waals surface area contributed by atoms with Gasteiger partial charge in [0.15, 0.2) is 0 Å². The zero-order valence-electron chi connectivity index (χ0n) is 25.7. The third-order valence-electron chi connectivity index (χ3n) is 9.88. The number of aromatic nitrogens is 2. The van der Waals surface area contributed by atoms with Crippen molar-refractivity contribution >= 4 is 29.2 Å². The molecule has 3 aromatic rings. The summed E-state index contributed by atoms with van der Waals surface area (Å²) in [6, 6.07) is 15.4. The Kier molecular flexibility index (Phi) is 6.99. The first-order chi connectivity index (χ1) is 21.9. The normalized spacial score (nSPS) is 26.4. The molecule has 0 saturated heterocycles. The standard InChI is InChI=1S/C35H34F3N5O3/c1-4-42-31-27(20(3)41-43(31)25-11-6-5-7-12-25)28(21-9-8-10-24(15-21)39-33(46)34-17-23(34)18-34)29(32(42)45)40-30(44)22-14-13-19(2)26(16-22)35(36,37)38/h5-12,14-16,19,23,28-29H,4,13,17-18H2,1-3H3,(H,39,46)(H,40,44)/t19?,23?,28-,29+,34?/m0/s1. The van der Waals surface area contributed by atoms with Gasteiger partial charge in [0.05, 0.1) is 16.8 Å². The molecule has 0 radical (unpaired) electrons. The summed E-state index contributed by atoms with van der Waals surface area (Å²) in [5, 5.41) is 10.7. The Morgan fingerprint density at radius 2 is 1.80 bits per heavy atom. The highest BCUT2D eigenvalue weighted by molar-refractivity contribution is 6.06. The number of amides is 3. The van der Waals surface area contributed by atoms with Crippen molar-refractivity contribution in [2.75, 3.05) is 16.8 Å². The number of rotatable bonds is 7. The van der Waals surface area contributed by atoms with Gasteiger partial charge in [-0.15, -0.1) is 0 Å². The van der Waals surface area contributed by atoms with Crippen LogP contribution >= 0.6 is 0 Å². The average molecular weight is 630 g/mol. The lowest BCUT2D eigenvalue weighted by Crippen LogP contribution is -2.55. The molecule has 0 bridgehead atoms. The van der Waals surface area contributed by atoms with Gasteiger partial charge in [-0.2, -0.15) is 18.3 Å². The van der Waals surface area contributed by atoms with Crippen LogP contribution in [0, 0.1) is 24.2 Å². The second-order valence-corrected chi connectivity index (χ2v) is 12.8. The summed E-state index contributed by atoms with van der Waals surface area (Å²) in [6.45, 7) is 5.39. The number of nitrogens with zero attached hydrogens (tertiary/aromatic N) is 3. The number of carbonyl (C=O) groups excluding carboxylic acids is 3. The highest BCUT2D eigenvalue weighted by Gasteiger charge is 2.74. The molecule has 3 atom stereocenters. The zero-order chi connectivity index (χ0) is 32.5. The number of fused-ring (bicyclic) bond motifs is 2. The number of likely N-dealkylation sites (N-methyl/N-ethyl adjacent to an activating group) is 1. The summed E-state index contributed by atoms with van der Waals surface area (Å²) in [5.41, 5.74) is 2.15. The molecular formula is C35H34F3N5O3. The topological polar surface area (TPSA) is 96.3 Å². The molecular weight excluding hydrogens is 595 g/mol. The second kappa shape index (κ2) is 10.7. The fraction of sp³-hybridized carbons (Fsp3) is 0.371. The molecule has 4 aliphatic rings. The summed E-state index contributed by atoms with van der Waals surface area (Å²) in [5.74, 6) is -1.71. The Bertz CT molecular complexity index is 1820. The van der Waals surface area contributed by atoms with Crippen LogP contribution in [0.1, 0.15) is 55.8 Å². The van der Waals surface area contributed by atoms with Crippen molar-refractivity contribution in [3.8, 4) is 5.69 Å². The minimum Gasteiger partial charge on any atom is -0.339 e. The van der Waals surface area contributed by atoms with Gasteiger partial charge in [0.1, 0.15) is 11.9 Å². The molecule has 2 saturated carbocycles. The molecule has 2 heterocycles. The Morgan fingerprint density at radius 3 is 2.46 bits per heavy atom. The van der Waals surface area contributed by atoms with Crippen molar-refractivity contribution in [2.24, 2.45) is 17.3 Å². The highest BCUT2D eigenvalue weighted by Crippen LogP contribution is 2.75. The van der Waals surface area contributed by atoms with Crippen LogP contribution in [0.15, 0.2) is 77.9 Å². The molecule has 46 heavy (non-hydrogen) atoms. The number of para-hydroxylation sites is 1. The monoisotopic (exact) mass is 629 g/mol. The van der Waals surface area contributed by atoms with Crippen LogP contribution < -0.4 is 15.5 Å². The van der Waals surface area contributed by atoms with Crippen LogP contribution in [0.2, 0.25) is 0 Å². The quantitative estimate of drug-likeness (QED) is 0.337. The van der Waals surface area contributed by atoms with Crippen LogP contribution in [0.5, 0.6) is 0 Å². The van der Waals surface area contributed by atoms with Gasteiger partial charge in [0.25, 0.3) is 11.8 Å². The third kappa shape index (κ3) is 4.92. The number of nitrogens with one attached hydrogen (secondary N) is 2. The number of alkyl halides is 3. The fourth-order valence-electron chi connectivity index (χ4n) is 6.97. The SMILES string of the molecule is CCN1C(=O)[C@H](NC(=O)C2=CCC(C)C(C(F)(F)F)=C2)[C@@H](c2cccc(NC(=O)C34CC3C4)c2)c2c(C)nn(-c3ccccc3)c21. The maximum absolute atomic E-state index is 14.4. The van der Waals surface area contributed by atoms with E-state index in [1.54, 1.807) is 27.8 Å². The molecule has 0 spiro atoms. The zero-order valence-corrected chi connectivity index (χ0v) is 25.7. The average Bonchev–Trinajstić information content (AvgIpc) is 3.89. The van der Waals surface area contributed by atoms with Crippen LogP contribution in [0.25, 0.3) is 5.69 Å². The van der Waals surface area contributed by atoms with Crippen molar-refractivity contribution in [3.05, 3.63) is 94.7 Å². The first-order valence-electron chi connectivity index (χ1n) is 15.6. The maximum atomic E-state index is 14.4. The lowest BCUT2D eigenvalue weighted by atomic mass is 9.80. The van der Waals surface area contributed by atoms with Crippen LogP contribution in [-0.4, -0.2) is 46.3 Å². The van der Waals surface area contributed by atoms with E-state index in [4.69, 9.17) is 5.10 Å². The van der Waals surface area contributed by atoms with E-state index in [0.29, 0.717) is 34.2 Å². The van der Waals surface area contributed by atoms with E-state index in [2.05, 4.69) is 10.6 Å². The van der Waals surface area contributed by atoms with Crippen molar-refractivity contribution in [3.63, 3.8) is 0 Å². The Morgan fingerprint density at radius 1 is 1.09 bits per heavy atom. The molecule has 3 aliphatic carbocycles. The number of aryl methyl sites for hydroxylation is 1. The predicted molar refractivity (Wildman–Crippen MR) is 166 cm³/mol. The Hall–Kier alpha value is -4.67. The fourth-order valence-corrected chi connectivity index (χ4v) is 6.97. The first kappa shape index (κ1) is 30.0. The lowest BCUT2D eigenvalue weighted by Gasteiger charge is -2.38.